The van der Waals surface area contributed by atoms with Crippen molar-refractivity contribution in [3.05, 3.63) is 52.3 Å². The van der Waals surface area contributed by atoms with Crippen molar-refractivity contribution in [1.82, 2.24) is 9.88 Å². The Morgan fingerprint density at radius 1 is 1.07 bits per heavy atom. The minimum Gasteiger partial charge on any atom is -0.344 e. The van der Waals surface area contributed by atoms with Gasteiger partial charge >= 0.3 is 6.18 Å². The van der Waals surface area contributed by atoms with Crippen molar-refractivity contribution in [2.45, 2.75) is 33.0 Å². The second-order valence-corrected chi connectivity index (χ2v) is 6.64. The summed E-state index contributed by atoms with van der Waals surface area (Å²) >= 11 is 0. The number of ketones is 1. The molecule has 1 heterocycles. The van der Waals surface area contributed by atoms with Crippen LogP contribution >= 0.6 is 0 Å². The van der Waals surface area contributed by atoms with E-state index in [-0.39, 0.29) is 28.2 Å². The van der Waals surface area contributed by atoms with Crippen LogP contribution in [0.5, 0.6) is 0 Å². The molecule has 11 heteroatoms. The van der Waals surface area contributed by atoms with Crippen LogP contribution < -0.4 is 10.6 Å². The largest absolute Gasteiger partial charge is 0.408 e. The Hall–Kier alpha value is -3.24. The number of halogens is 5. The highest BCUT2D eigenvalue weighted by molar-refractivity contribution is 6.43. The third-order valence-corrected chi connectivity index (χ3v) is 4.59. The summed E-state index contributed by atoms with van der Waals surface area (Å²) in [6, 6.07) is 0.462. The molecule has 0 unspecified atom stereocenters. The molecule has 162 valence electrons. The molecule has 6 nitrogen and oxygen atoms in total. The molecule has 0 radical (unpaired) electrons. The Morgan fingerprint density at radius 3 is 2.20 bits per heavy atom. The van der Waals surface area contributed by atoms with Gasteiger partial charge in [0.25, 0.3) is 17.6 Å². The molecule has 1 aromatic carbocycles. The van der Waals surface area contributed by atoms with E-state index in [1.807, 2.05) is 0 Å². The molecule has 0 aliphatic rings. The van der Waals surface area contributed by atoms with Crippen molar-refractivity contribution < 1.29 is 36.3 Å². The van der Waals surface area contributed by atoms with Crippen LogP contribution in [0.25, 0.3) is 0 Å². The average molecular weight is 431 g/mol. The number of carbonyl (C=O) groups excluding carboxylic acids is 3. The number of alkyl halides is 3. The molecule has 2 amide bonds. The molecular weight excluding hydrogens is 413 g/mol. The maximum absolute atomic E-state index is 13.3. The van der Waals surface area contributed by atoms with Crippen molar-refractivity contribution in [2.75, 3.05) is 5.32 Å². The lowest BCUT2D eigenvalue weighted by Gasteiger charge is -2.16. The van der Waals surface area contributed by atoms with Gasteiger partial charge in [0.15, 0.2) is 11.6 Å². The number of hydrogen-bond donors (Lipinski definition) is 2. The van der Waals surface area contributed by atoms with Gasteiger partial charge in [0, 0.05) is 24.5 Å². The number of nitrogens with one attached hydrogen (secondary N) is 2. The van der Waals surface area contributed by atoms with E-state index < -0.39 is 41.5 Å². The lowest BCUT2D eigenvalue weighted by atomic mass is 10.1. The van der Waals surface area contributed by atoms with Gasteiger partial charge in [-0.1, -0.05) is 0 Å². The van der Waals surface area contributed by atoms with Crippen LogP contribution in [0.15, 0.2) is 18.2 Å². The smallest absolute Gasteiger partial charge is 0.344 e. The Kier molecular flexibility index (Phi) is 6.33. The summed E-state index contributed by atoms with van der Waals surface area (Å²) in [5.41, 5.74) is -0.0502. The third kappa shape index (κ3) is 4.50. The lowest BCUT2D eigenvalue weighted by Crippen LogP contribution is -2.46. The first-order valence-corrected chi connectivity index (χ1v) is 8.59. The van der Waals surface area contributed by atoms with Gasteiger partial charge in [0.05, 0.1) is 11.3 Å². The molecule has 2 rings (SSSR count). The average Bonchev–Trinajstić information content (AvgIpc) is 2.85. The molecule has 0 aliphatic carbocycles. The molecule has 0 saturated carbocycles. The first-order valence-electron chi connectivity index (χ1n) is 8.59. The van der Waals surface area contributed by atoms with Crippen LogP contribution in [0.2, 0.25) is 0 Å². The molecule has 2 aromatic rings. The third-order valence-electron chi connectivity index (χ3n) is 4.59. The fourth-order valence-electron chi connectivity index (χ4n) is 2.85. The lowest BCUT2D eigenvalue weighted by molar-refractivity contribution is -0.156. The Bertz CT molecular complexity index is 1030. The first kappa shape index (κ1) is 23.0. The summed E-state index contributed by atoms with van der Waals surface area (Å²) in [4.78, 5) is 37.1. The van der Waals surface area contributed by atoms with E-state index in [1.165, 1.54) is 25.5 Å². The van der Waals surface area contributed by atoms with Gasteiger partial charge in [-0.3, -0.25) is 14.4 Å². The zero-order chi connectivity index (χ0) is 23.0. The fourth-order valence-corrected chi connectivity index (χ4v) is 2.85. The SMILES string of the molecule is Cc1c(C(=O)Nc2ccc(F)c(F)c2)c(C)n(C)c1C(=O)C(=O)N[C@@H](C)C(F)(F)F. The molecule has 0 fully saturated rings. The summed E-state index contributed by atoms with van der Waals surface area (Å²) in [6.45, 7) is 3.50. The Morgan fingerprint density at radius 2 is 1.67 bits per heavy atom. The summed E-state index contributed by atoms with van der Waals surface area (Å²) in [5.74, 6) is -5.78. The van der Waals surface area contributed by atoms with E-state index in [4.69, 9.17) is 0 Å². The van der Waals surface area contributed by atoms with E-state index in [1.54, 1.807) is 5.32 Å². The van der Waals surface area contributed by atoms with Gasteiger partial charge in [-0.25, -0.2) is 8.78 Å². The van der Waals surface area contributed by atoms with E-state index in [0.717, 1.165) is 18.2 Å². The summed E-state index contributed by atoms with van der Waals surface area (Å²) in [6.07, 6.45) is -4.73. The zero-order valence-corrected chi connectivity index (χ0v) is 16.4. The normalized spacial score (nSPS) is 12.4. The molecule has 0 spiro atoms. The minimum absolute atomic E-state index is 0.0257. The van der Waals surface area contributed by atoms with Gasteiger partial charge in [0.2, 0.25) is 0 Å². The van der Waals surface area contributed by atoms with Crippen LogP contribution in [0.1, 0.15) is 39.0 Å². The van der Waals surface area contributed by atoms with Crippen LogP contribution in [-0.2, 0) is 11.8 Å². The molecule has 1 atom stereocenters. The number of nitrogens with zero attached hydrogens (tertiary/aromatic N) is 1. The maximum atomic E-state index is 13.3. The highest BCUT2D eigenvalue weighted by atomic mass is 19.4. The number of anilines is 1. The minimum atomic E-state index is -4.73. The van der Waals surface area contributed by atoms with Crippen molar-refractivity contribution in [1.29, 1.82) is 0 Å². The number of rotatable bonds is 5. The quantitative estimate of drug-likeness (QED) is 0.433. The second kappa shape index (κ2) is 8.25. The number of amides is 2. The van der Waals surface area contributed by atoms with Crippen LogP contribution in [0, 0.1) is 25.5 Å². The van der Waals surface area contributed by atoms with E-state index in [2.05, 4.69) is 5.32 Å². The van der Waals surface area contributed by atoms with Gasteiger partial charge < -0.3 is 15.2 Å². The predicted octanol–water partition coefficient (Wildman–Crippen LogP) is 3.42. The number of carbonyl (C=O) groups is 3. The van der Waals surface area contributed by atoms with E-state index >= 15 is 0 Å². The highest BCUT2D eigenvalue weighted by Gasteiger charge is 2.39. The van der Waals surface area contributed by atoms with Crippen molar-refractivity contribution in [2.24, 2.45) is 7.05 Å². The van der Waals surface area contributed by atoms with Gasteiger partial charge in [-0.05, 0) is 38.5 Å². The number of Topliss-reactive ketones (excluding diaryl/α,β-unsaturated/α-hetero) is 1. The monoisotopic (exact) mass is 431 g/mol. The molecule has 30 heavy (non-hydrogen) atoms. The zero-order valence-electron chi connectivity index (χ0n) is 16.4. The van der Waals surface area contributed by atoms with Gasteiger partial charge in [-0.15, -0.1) is 0 Å². The van der Waals surface area contributed by atoms with Crippen molar-refractivity contribution in [3.63, 3.8) is 0 Å². The molecule has 0 bridgehead atoms. The predicted molar refractivity (Wildman–Crippen MR) is 97.2 cm³/mol. The summed E-state index contributed by atoms with van der Waals surface area (Å²) < 4.78 is 65.5. The highest BCUT2D eigenvalue weighted by Crippen LogP contribution is 2.24. The number of hydrogen-bond acceptors (Lipinski definition) is 3. The van der Waals surface area contributed by atoms with Crippen molar-refractivity contribution in [3.8, 4) is 0 Å². The fraction of sp³-hybridized carbons (Fsp3) is 0.316. The maximum Gasteiger partial charge on any atom is 0.408 e. The number of benzene rings is 1. The molecule has 0 aliphatic heterocycles. The molecule has 2 N–H and O–H groups in total. The van der Waals surface area contributed by atoms with Crippen molar-refractivity contribution >= 4 is 23.3 Å². The van der Waals surface area contributed by atoms with E-state index in [0.29, 0.717) is 6.92 Å². The van der Waals surface area contributed by atoms with Gasteiger partial charge in [0.1, 0.15) is 6.04 Å². The molecule has 0 saturated heterocycles. The second-order valence-electron chi connectivity index (χ2n) is 6.64. The summed E-state index contributed by atoms with van der Waals surface area (Å²) in [5, 5.41) is 3.93. The van der Waals surface area contributed by atoms with E-state index in [9.17, 15) is 36.3 Å². The standard InChI is InChI=1S/C19H18F5N3O3/c1-8-14(17(29)26-11-5-6-12(20)13(21)7-11)9(2)27(4)15(8)16(28)18(30)25-10(3)19(22,23)24/h5-7,10H,1-4H3,(H,25,30)(H,26,29)/t10-/m0/s1. The van der Waals surface area contributed by atoms with Gasteiger partial charge in [-0.2, -0.15) is 13.2 Å². The first-order chi connectivity index (χ1) is 13.8. The Labute approximate surface area is 168 Å². The topological polar surface area (TPSA) is 80.2 Å². The van der Waals surface area contributed by atoms with Crippen LogP contribution in [-0.4, -0.2) is 34.4 Å². The Balaban J connectivity index is 2.33. The summed E-state index contributed by atoms with van der Waals surface area (Å²) in [7, 11) is 1.37. The van der Waals surface area contributed by atoms with Crippen LogP contribution in [0.3, 0.4) is 0 Å². The molecular formula is C19H18F5N3O3. The van der Waals surface area contributed by atoms with Crippen LogP contribution in [0.4, 0.5) is 27.6 Å². The number of aromatic nitrogens is 1. The molecule has 1 aromatic heterocycles.